The molecule has 0 aliphatic carbocycles. The first kappa shape index (κ1) is 92.4. The summed E-state index contributed by atoms with van der Waals surface area (Å²) in [6.07, 6.45) is 85.9. The van der Waals surface area contributed by atoms with Gasteiger partial charge in [0.05, 0.1) is 26.4 Å². The molecule has 0 aliphatic heterocycles. The van der Waals surface area contributed by atoms with E-state index in [0.29, 0.717) is 19.3 Å². The molecule has 0 rings (SSSR count). The summed E-state index contributed by atoms with van der Waals surface area (Å²) in [5.74, 6) is -1.63. The molecule has 0 saturated carbocycles. The van der Waals surface area contributed by atoms with E-state index in [1.165, 1.54) is 44.9 Å². The summed E-state index contributed by atoms with van der Waals surface area (Å²) < 4.78 is 61.0. The SMILES string of the molecule is CC/C=C\C/C=C\C/C=C\C/C=C\C/C=C\CCCCCCCC(=O)OCC(O)COP(=O)(O)OCC(O)COP(=O)(O)OCC(COC(=O)CCCCCCC/C=C\C/C=C\C/C=C\C/C=C\CCCCC)OC(=O)CCCCCCCC/C=C\C/C=C\C/C=C\CCCCC. The smallest absolute Gasteiger partial charge is 0.463 e. The molecule has 5 atom stereocenters. The van der Waals surface area contributed by atoms with Crippen molar-refractivity contribution >= 4 is 33.6 Å². The second-order valence-electron chi connectivity index (χ2n) is 24.4. The van der Waals surface area contributed by atoms with Crippen LogP contribution >= 0.6 is 15.6 Å². The number of allylic oxidation sites excluding steroid dienone is 24. The van der Waals surface area contributed by atoms with Crippen LogP contribution in [0.25, 0.3) is 0 Å². The van der Waals surface area contributed by atoms with E-state index in [1.54, 1.807) is 0 Å². The molecular formula is C79H132O16P2. The minimum atomic E-state index is -4.95. The Kier molecular flexibility index (Phi) is 67.9. The van der Waals surface area contributed by atoms with Crippen LogP contribution in [0.2, 0.25) is 0 Å². The molecular weight excluding hydrogens is 1270 g/mol. The lowest BCUT2D eigenvalue weighted by Crippen LogP contribution is -2.30. The molecule has 0 aliphatic rings. The quantitative estimate of drug-likeness (QED) is 0.0146. The first-order valence-corrected chi connectivity index (χ1v) is 40.1. The Morgan fingerprint density at radius 2 is 0.546 bits per heavy atom. The van der Waals surface area contributed by atoms with Crippen molar-refractivity contribution in [2.75, 3.05) is 39.6 Å². The number of ether oxygens (including phenoxy) is 3. The molecule has 0 aromatic carbocycles. The summed E-state index contributed by atoms with van der Waals surface area (Å²) in [5, 5.41) is 20.6. The highest BCUT2D eigenvalue weighted by molar-refractivity contribution is 7.47. The van der Waals surface area contributed by atoms with Gasteiger partial charge in [0.15, 0.2) is 6.10 Å². The van der Waals surface area contributed by atoms with E-state index in [4.69, 9.17) is 32.3 Å². The van der Waals surface area contributed by atoms with Gasteiger partial charge in [-0.3, -0.25) is 32.5 Å². The molecule has 0 aromatic heterocycles. The second-order valence-corrected chi connectivity index (χ2v) is 27.3. The van der Waals surface area contributed by atoms with E-state index in [0.717, 1.165) is 173 Å². The third-order valence-corrected chi connectivity index (χ3v) is 16.9. The zero-order valence-electron chi connectivity index (χ0n) is 60.2. The average Bonchev–Trinajstić information content (AvgIpc) is 1.90. The summed E-state index contributed by atoms with van der Waals surface area (Å²) in [6, 6.07) is 0. The number of aliphatic hydroxyl groups is 2. The number of hydrogen-bond acceptors (Lipinski definition) is 14. The number of unbranched alkanes of at least 4 members (excludes halogenated alkanes) is 22. The van der Waals surface area contributed by atoms with E-state index in [2.05, 4.69) is 167 Å². The zero-order chi connectivity index (χ0) is 70.9. The van der Waals surface area contributed by atoms with Gasteiger partial charge in [-0.05, 0) is 148 Å². The van der Waals surface area contributed by atoms with Gasteiger partial charge in [0.2, 0.25) is 0 Å². The van der Waals surface area contributed by atoms with Crippen LogP contribution in [0.3, 0.4) is 0 Å². The molecule has 0 fully saturated rings. The van der Waals surface area contributed by atoms with E-state index in [1.807, 2.05) is 0 Å². The fraction of sp³-hybridized carbons (Fsp3) is 0.658. The van der Waals surface area contributed by atoms with Gasteiger partial charge in [0, 0.05) is 19.3 Å². The van der Waals surface area contributed by atoms with Crippen LogP contribution in [-0.2, 0) is 55.8 Å². The number of carbonyl (C=O) groups excluding carboxylic acids is 3. The molecule has 554 valence electrons. The van der Waals surface area contributed by atoms with Crippen molar-refractivity contribution in [3.63, 3.8) is 0 Å². The Labute approximate surface area is 587 Å². The molecule has 0 radical (unpaired) electrons. The topological polar surface area (TPSA) is 231 Å². The van der Waals surface area contributed by atoms with Gasteiger partial charge in [0.1, 0.15) is 25.4 Å². The van der Waals surface area contributed by atoms with Crippen molar-refractivity contribution < 1.29 is 75.8 Å². The molecule has 0 aromatic rings. The van der Waals surface area contributed by atoms with E-state index >= 15 is 0 Å². The number of esters is 3. The van der Waals surface area contributed by atoms with Crippen LogP contribution in [0.1, 0.15) is 278 Å². The van der Waals surface area contributed by atoms with Crippen LogP contribution in [0, 0.1) is 0 Å². The molecule has 0 bridgehead atoms. The molecule has 0 amide bonds. The van der Waals surface area contributed by atoms with Gasteiger partial charge in [-0.25, -0.2) is 9.13 Å². The fourth-order valence-electron chi connectivity index (χ4n) is 9.35. The average molecular weight is 1400 g/mol. The second kappa shape index (κ2) is 71.3. The van der Waals surface area contributed by atoms with Gasteiger partial charge in [-0.15, -0.1) is 0 Å². The Balaban J connectivity index is 4.77. The first-order valence-electron chi connectivity index (χ1n) is 37.1. The number of phosphoric ester groups is 2. The van der Waals surface area contributed by atoms with Crippen molar-refractivity contribution in [1.82, 2.24) is 0 Å². The third kappa shape index (κ3) is 72.5. The van der Waals surface area contributed by atoms with Gasteiger partial charge in [0.25, 0.3) is 0 Å². The summed E-state index contributed by atoms with van der Waals surface area (Å²) in [7, 11) is -9.81. The van der Waals surface area contributed by atoms with Gasteiger partial charge in [-0.2, -0.15) is 0 Å². The van der Waals surface area contributed by atoms with Crippen molar-refractivity contribution in [3.8, 4) is 0 Å². The molecule has 0 heterocycles. The standard InChI is InChI=1S/C79H132O16P2/c1-4-7-10-13-16-19-22-25-28-31-34-36-39-41-44-47-50-53-56-59-62-65-77(82)89-68-74(80)69-91-96(85,86)92-70-75(81)71-93-97(87,88)94-73-76(95-79(84)67-64-61-58-55-52-49-46-43-38-33-30-27-24-21-18-15-12-9-6-3)72-90-78(83)66-63-60-57-54-51-48-45-42-40-37-35-32-29-26-23-20-17-14-11-8-5-2/h7,10,16-21,25-30,34-38,41-45,74-76,80-81H,4-6,8-9,11-15,22-24,31-33,39-40,46-73H2,1-3H3,(H,85,86)(H,87,88)/b10-7-,19-16-,20-17-,21-18-,28-25-,29-26-,30-27-,36-34-,37-35-,43-38-,44-41-,45-42-. The van der Waals surface area contributed by atoms with Crippen LogP contribution in [0.4, 0.5) is 0 Å². The van der Waals surface area contributed by atoms with Crippen molar-refractivity contribution in [1.29, 1.82) is 0 Å². The first-order chi connectivity index (χ1) is 47.2. The maximum atomic E-state index is 13.0. The van der Waals surface area contributed by atoms with E-state index in [-0.39, 0.29) is 19.3 Å². The fourth-order valence-corrected chi connectivity index (χ4v) is 10.9. The lowest BCUT2D eigenvalue weighted by atomic mass is 10.1. The molecule has 97 heavy (non-hydrogen) atoms. The van der Waals surface area contributed by atoms with Crippen molar-refractivity contribution in [2.45, 2.75) is 296 Å². The number of hydrogen-bond donors (Lipinski definition) is 4. The molecule has 18 heteroatoms. The van der Waals surface area contributed by atoms with Crippen LogP contribution in [0.15, 0.2) is 146 Å². The van der Waals surface area contributed by atoms with E-state index < -0.39 is 91.5 Å². The summed E-state index contributed by atoms with van der Waals surface area (Å²) >= 11 is 0. The predicted octanol–water partition coefficient (Wildman–Crippen LogP) is 21.3. The molecule has 0 saturated heterocycles. The summed E-state index contributed by atoms with van der Waals surface area (Å²) in [6.45, 7) is 2.44. The number of carbonyl (C=O) groups is 3. The number of aliphatic hydroxyl groups excluding tert-OH is 2. The Morgan fingerprint density at radius 1 is 0.299 bits per heavy atom. The number of rotatable bonds is 69. The zero-order valence-corrected chi connectivity index (χ0v) is 62.0. The van der Waals surface area contributed by atoms with Gasteiger partial charge in [-0.1, -0.05) is 256 Å². The lowest BCUT2D eigenvalue weighted by Gasteiger charge is -2.21. The lowest BCUT2D eigenvalue weighted by molar-refractivity contribution is -0.161. The van der Waals surface area contributed by atoms with Crippen molar-refractivity contribution in [3.05, 3.63) is 146 Å². The van der Waals surface area contributed by atoms with Crippen LogP contribution < -0.4 is 0 Å². The molecule has 16 nitrogen and oxygen atoms in total. The molecule has 5 unspecified atom stereocenters. The van der Waals surface area contributed by atoms with Crippen LogP contribution in [-0.4, -0.2) is 95.9 Å². The molecule has 4 N–H and O–H groups in total. The highest BCUT2D eigenvalue weighted by Crippen LogP contribution is 2.45. The van der Waals surface area contributed by atoms with Gasteiger partial charge >= 0.3 is 33.6 Å². The van der Waals surface area contributed by atoms with Crippen LogP contribution in [0.5, 0.6) is 0 Å². The normalized spacial score (nSPS) is 14.9. The van der Waals surface area contributed by atoms with Crippen molar-refractivity contribution in [2.24, 2.45) is 0 Å². The Hall–Kier alpha value is -4.57. The Morgan fingerprint density at radius 3 is 0.866 bits per heavy atom. The maximum Gasteiger partial charge on any atom is 0.472 e. The predicted molar refractivity (Wildman–Crippen MR) is 399 cm³/mol. The number of phosphoric acid groups is 2. The minimum Gasteiger partial charge on any atom is -0.463 e. The minimum absolute atomic E-state index is 0.0804. The third-order valence-electron chi connectivity index (χ3n) is 15.0. The monoisotopic (exact) mass is 1400 g/mol. The largest absolute Gasteiger partial charge is 0.472 e. The summed E-state index contributed by atoms with van der Waals surface area (Å²) in [4.78, 5) is 58.6. The van der Waals surface area contributed by atoms with Gasteiger partial charge < -0.3 is 34.2 Å². The highest BCUT2D eigenvalue weighted by atomic mass is 31.2. The maximum absolute atomic E-state index is 13.0. The van der Waals surface area contributed by atoms with E-state index in [9.17, 15) is 43.5 Å². The molecule has 0 spiro atoms. The summed E-state index contributed by atoms with van der Waals surface area (Å²) in [5.41, 5.74) is 0. The highest BCUT2D eigenvalue weighted by Gasteiger charge is 2.29. The Bertz CT molecular complexity index is 2350.